The molecule has 0 spiro atoms. The Morgan fingerprint density at radius 1 is 1.42 bits per heavy atom. The second-order valence-corrected chi connectivity index (χ2v) is 4.49. The molecule has 1 unspecified atom stereocenters. The second-order valence-electron chi connectivity index (χ2n) is 4.49. The van der Waals surface area contributed by atoms with E-state index in [0.717, 1.165) is 17.0 Å². The first-order chi connectivity index (χ1) is 8.86. The van der Waals surface area contributed by atoms with Crippen LogP contribution in [0.25, 0.3) is 0 Å². The van der Waals surface area contributed by atoms with Crippen LogP contribution >= 0.6 is 0 Å². The molecule has 0 aliphatic carbocycles. The highest BCUT2D eigenvalue weighted by molar-refractivity contribution is 5.85. The van der Waals surface area contributed by atoms with E-state index in [1.165, 1.54) is 0 Å². The van der Waals surface area contributed by atoms with Crippen LogP contribution in [0, 0.1) is 13.8 Å². The lowest BCUT2D eigenvalue weighted by Gasteiger charge is -2.12. The zero-order valence-corrected chi connectivity index (χ0v) is 12.1. The van der Waals surface area contributed by atoms with E-state index >= 15 is 0 Å². The molecule has 0 aliphatic heterocycles. The number of ether oxygens (including phenoxy) is 1. The topological polar surface area (TPSA) is 73.2 Å². The predicted octanol–water partition coefficient (Wildman–Crippen LogP) is 0.647. The molecule has 106 valence electrons. The van der Waals surface area contributed by atoms with E-state index < -0.39 is 12.0 Å². The number of hydrogen-bond acceptors (Lipinski definition) is 4. The van der Waals surface area contributed by atoms with E-state index in [1.54, 1.807) is 18.5 Å². The average molecular weight is 267 g/mol. The van der Waals surface area contributed by atoms with Gasteiger partial charge < -0.3 is 10.1 Å². The lowest BCUT2D eigenvalue weighted by molar-refractivity contribution is -0.146. The molecule has 1 heterocycles. The number of nitrogens with zero attached hydrogens (tertiary/aromatic N) is 2. The minimum absolute atomic E-state index is 0.209. The summed E-state index contributed by atoms with van der Waals surface area (Å²) in [6.45, 7) is 7.43. The summed E-state index contributed by atoms with van der Waals surface area (Å²) in [6, 6.07) is -0.635. The summed E-state index contributed by atoms with van der Waals surface area (Å²) in [5.41, 5.74) is 2.69. The Bertz CT molecular complexity index is 480. The van der Waals surface area contributed by atoms with E-state index in [-0.39, 0.29) is 12.3 Å². The van der Waals surface area contributed by atoms with Gasteiger partial charge in [-0.15, -0.1) is 0 Å². The smallest absolute Gasteiger partial charge is 0.328 e. The van der Waals surface area contributed by atoms with E-state index in [9.17, 15) is 9.59 Å². The summed E-state index contributed by atoms with van der Waals surface area (Å²) in [5.74, 6) is -0.629. The molecule has 1 amide bonds. The first kappa shape index (κ1) is 15.2. The second kappa shape index (κ2) is 6.36. The van der Waals surface area contributed by atoms with Crippen LogP contribution in [-0.4, -0.2) is 34.3 Å². The summed E-state index contributed by atoms with van der Waals surface area (Å²) in [7, 11) is 1.84. The highest BCUT2D eigenvalue weighted by Gasteiger charge is 2.19. The Labute approximate surface area is 113 Å². The number of nitrogens with one attached hydrogen (secondary N) is 1. The lowest BCUT2D eigenvalue weighted by atomic mass is 10.1. The molecule has 6 nitrogen and oxygen atoms in total. The summed E-state index contributed by atoms with van der Waals surface area (Å²) in [5, 5.41) is 6.88. The molecule has 6 heteroatoms. The Morgan fingerprint density at radius 3 is 2.53 bits per heavy atom. The monoisotopic (exact) mass is 267 g/mol. The van der Waals surface area contributed by atoms with Crippen molar-refractivity contribution >= 4 is 11.9 Å². The minimum atomic E-state index is -0.635. The highest BCUT2D eigenvalue weighted by Crippen LogP contribution is 2.12. The Balaban J connectivity index is 2.63. The van der Waals surface area contributed by atoms with Crippen molar-refractivity contribution in [3.8, 4) is 0 Å². The van der Waals surface area contributed by atoms with Gasteiger partial charge in [-0.3, -0.25) is 9.48 Å². The lowest BCUT2D eigenvalue weighted by Crippen LogP contribution is -2.40. The highest BCUT2D eigenvalue weighted by atomic mass is 16.5. The van der Waals surface area contributed by atoms with Crippen molar-refractivity contribution in [2.24, 2.45) is 7.05 Å². The van der Waals surface area contributed by atoms with Crippen molar-refractivity contribution in [1.82, 2.24) is 15.1 Å². The zero-order chi connectivity index (χ0) is 14.6. The number of hydrogen-bond donors (Lipinski definition) is 1. The third-order valence-corrected chi connectivity index (χ3v) is 3.01. The van der Waals surface area contributed by atoms with Crippen molar-refractivity contribution in [3.63, 3.8) is 0 Å². The Kier molecular flexibility index (Phi) is 5.09. The molecule has 1 aromatic rings. The van der Waals surface area contributed by atoms with Crippen molar-refractivity contribution in [1.29, 1.82) is 0 Å². The van der Waals surface area contributed by atoms with Gasteiger partial charge in [-0.1, -0.05) is 0 Å². The number of carbonyl (C=O) groups is 2. The fourth-order valence-electron chi connectivity index (χ4n) is 1.85. The summed E-state index contributed by atoms with van der Waals surface area (Å²) in [6.07, 6.45) is 0.218. The van der Waals surface area contributed by atoms with Crippen LogP contribution in [0.15, 0.2) is 0 Å². The molecule has 1 rings (SSSR count). The maximum Gasteiger partial charge on any atom is 0.328 e. The fourth-order valence-corrected chi connectivity index (χ4v) is 1.85. The van der Waals surface area contributed by atoms with Gasteiger partial charge >= 0.3 is 5.97 Å². The van der Waals surface area contributed by atoms with Crippen LogP contribution in [0.2, 0.25) is 0 Å². The molecule has 1 aromatic heterocycles. The van der Waals surface area contributed by atoms with Crippen LogP contribution in [0.3, 0.4) is 0 Å². The van der Waals surface area contributed by atoms with Gasteiger partial charge in [-0.2, -0.15) is 5.10 Å². The molecular weight excluding hydrogens is 246 g/mol. The molecule has 0 aliphatic rings. The summed E-state index contributed by atoms with van der Waals surface area (Å²) in [4.78, 5) is 23.3. The van der Waals surface area contributed by atoms with Gasteiger partial charge in [0.25, 0.3) is 0 Å². The number of amides is 1. The van der Waals surface area contributed by atoms with Crippen molar-refractivity contribution < 1.29 is 14.3 Å². The molecule has 0 bridgehead atoms. The van der Waals surface area contributed by atoms with Gasteiger partial charge in [-0.05, 0) is 27.7 Å². The molecule has 0 saturated carbocycles. The van der Waals surface area contributed by atoms with Gasteiger partial charge in [0, 0.05) is 18.3 Å². The van der Waals surface area contributed by atoms with Gasteiger partial charge in [0.2, 0.25) is 5.91 Å². The zero-order valence-electron chi connectivity index (χ0n) is 12.1. The molecule has 1 N–H and O–H groups in total. The molecule has 0 aromatic carbocycles. The number of aromatic nitrogens is 2. The van der Waals surface area contributed by atoms with Crippen molar-refractivity contribution in [2.45, 2.75) is 40.2 Å². The molecule has 0 fully saturated rings. The third kappa shape index (κ3) is 3.81. The van der Waals surface area contributed by atoms with E-state index in [1.807, 2.05) is 20.9 Å². The Morgan fingerprint density at radius 2 is 2.05 bits per heavy atom. The molecule has 1 atom stereocenters. The number of rotatable bonds is 5. The van der Waals surface area contributed by atoms with E-state index in [4.69, 9.17) is 4.74 Å². The minimum Gasteiger partial charge on any atom is -0.464 e. The van der Waals surface area contributed by atoms with Crippen molar-refractivity contribution in [2.75, 3.05) is 6.61 Å². The van der Waals surface area contributed by atoms with Crippen LogP contribution in [0.4, 0.5) is 0 Å². The van der Waals surface area contributed by atoms with Gasteiger partial charge in [0.15, 0.2) is 0 Å². The van der Waals surface area contributed by atoms with Crippen LogP contribution in [-0.2, 0) is 27.8 Å². The molecular formula is C13H21N3O3. The van der Waals surface area contributed by atoms with Gasteiger partial charge in [0.1, 0.15) is 6.04 Å². The normalized spacial score (nSPS) is 12.1. The van der Waals surface area contributed by atoms with Crippen LogP contribution < -0.4 is 5.32 Å². The van der Waals surface area contributed by atoms with E-state index in [0.29, 0.717) is 6.61 Å². The van der Waals surface area contributed by atoms with Gasteiger partial charge in [0.05, 0.1) is 18.7 Å². The van der Waals surface area contributed by atoms with E-state index in [2.05, 4.69) is 10.4 Å². The SMILES string of the molecule is CCOC(=O)C(C)NC(=O)Cc1c(C)nn(C)c1C. The number of carbonyl (C=O) groups excluding carboxylic acids is 2. The average Bonchev–Trinajstić information content (AvgIpc) is 2.56. The summed E-state index contributed by atoms with van der Waals surface area (Å²) >= 11 is 0. The largest absolute Gasteiger partial charge is 0.464 e. The number of aryl methyl sites for hydroxylation is 2. The molecule has 0 radical (unpaired) electrons. The summed E-state index contributed by atoms with van der Waals surface area (Å²) < 4.78 is 6.58. The number of esters is 1. The third-order valence-electron chi connectivity index (χ3n) is 3.01. The first-order valence-corrected chi connectivity index (χ1v) is 6.31. The predicted molar refractivity (Wildman–Crippen MR) is 70.6 cm³/mol. The van der Waals surface area contributed by atoms with Gasteiger partial charge in [-0.25, -0.2) is 4.79 Å². The molecule has 0 saturated heterocycles. The van der Waals surface area contributed by atoms with Crippen LogP contribution in [0.1, 0.15) is 30.8 Å². The quantitative estimate of drug-likeness (QED) is 0.795. The Hall–Kier alpha value is -1.85. The molecule has 19 heavy (non-hydrogen) atoms. The maximum absolute atomic E-state index is 11.9. The fraction of sp³-hybridized carbons (Fsp3) is 0.615. The van der Waals surface area contributed by atoms with Crippen LogP contribution in [0.5, 0.6) is 0 Å². The first-order valence-electron chi connectivity index (χ1n) is 6.31. The van der Waals surface area contributed by atoms with Crippen molar-refractivity contribution in [3.05, 3.63) is 17.0 Å². The maximum atomic E-state index is 11.9. The standard InChI is InChI=1S/C13H21N3O3/c1-6-19-13(18)9(3)14-12(17)7-11-8(2)15-16(5)10(11)4/h9H,6-7H2,1-5H3,(H,14,17).